The molecule has 6 rings (SSSR count). The van der Waals surface area contributed by atoms with E-state index in [1.807, 2.05) is 5.32 Å². The van der Waals surface area contributed by atoms with Crippen LogP contribution in [0.25, 0.3) is 22.2 Å². The standard InChI is InChI=1S/C15H12BrClF4N2O2.C13H12F3N5O5S.C11H8ClNO3/c1-6(2)25-14(24)7-4-8(10(18)5-9(7)17)12-11(16)13(15(19,20)21)23(3)22-12;1-25-8-6-9(26-2)19-11(18-8)20-12(22)21-27(23,24)10-7(13(14,15)16)4-3-5-17-10;12-8-3-4-9(16-6-10(14)15)11-7(8)2-1-5-13-11/h4-6H,1-3H3;3-6H,1-2H3,(H2,18,19,20,21,22);1-5H,6H2,(H,14,15). The van der Waals surface area contributed by atoms with Crippen LogP contribution in [0, 0.1) is 5.82 Å². The Morgan fingerprint density at radius 2 is 1.51 bits per heavy atom. The van der Waals surface area contributed by atoms with Gasteiger partial charge in [-0.05, 0) is 78.3 Å². The first kappa shape index (κ1) is 54.0. The molecule has 0 aliphatic carbocycles. The Hall–Kier alpha value is -6.58. The molecule has 3 N–H and O–H groups in total. The molecule has 6 aromatic rings. The number of pyridine rings is 2. The van der Waals surface area contributed by atoms with E-state index in [1.165, 1.54) is 25.0 Å². The molecule has 0 radical (unpaired) electrons. The molecule has 0 saturated heterocycles. The molecular weight excluding hydrogens is 1060 g/mol. The van der Waals surface area contributed by atoms with Gasteiger partial charge in [0.2, 0.25) is 17.7 Å². The molecule has 0 bridgehead atoms. The number of nitrogens with zero attached hydrogens (tertiary/aromatic N) is 6. The number of amides is 2. The number of methoxy groups -OCH3 is 2. The first-order chi connectivity index (χ1) is 31.7. The molecule has 2 aromatic carbocycles. The minimum atomic E-state index is -4.99. The molecule has 2 amide bonds. The molecule has 4 aromatic heterocycles. The molecular formula is C39H32BrCl2F7N8O10S. The molecule has 364 valence electrons. The topological polar surface area (TPSA) is 236 Å². The number of sulfonamides is 1. The van der Waals surface area contributed by atoms with Crippen LogP contribution in [0.1, 0.15) is 35.5 Å². The van der Waals surface area contributed by atoms with Crippen LogP contribution >= 0.6 is 39.1 Å². The smallest absolute Gasteiger partial charge is 0.434 e. The Morgan fingerprint density at radius 3 is 2.07 bits per heavy atom. The highest BCUT2D eigenvalue weighted by molar-refractivity contribution is 9.10. The van der Waals surface area contributed by atoms with E-state index in [0.717, 1.165) is 36.8 Å². The summed E-state index contributed by atoms with van der Waals surface area (Å²) in [6.45, 7) is 2.83. The van der Waals surface area contributed by atoms with E-state index < -0.39 is 85.6 Å². The number of hydrogen-bond donors (Lipinski definition) is 3. The first-order valence-corrected chi connectivity index (χ1v) is 21.4. The lowest BCUT2D eigenvalue weighted by atomic mass is 10.1. The second kappa shape index (κ2) is 22.5. The van der Waals surface area contributed by atoms with Crippen molar-refractivity contribution in [3.05, 3.63) is 104 Å². The van der Waals surface area contributed by atoms with Crippen LogP contribution in [-0.2, 0) is 39.0 Å². The Labute approximate surface area is 397 Å². The molecule has 18 nitrogen and oxygen atoms in total. The summed E-state index contributed by atoms with van der Waals surface area (Å²) in [5.41, 5.74) is -2.82. The number of carboxylic acids is 1. The zero-order chi connectivity index (χ0) is 50.9. The fourth-order valence-electron chi connectivity index (χ4n) is 5.30. The average molecular weight is 1090 g/mol. The lowest BCUT2D eigenvalue weighted by Crippen LogP contribution is -2.36. The second-order valence-corrected chi connectivity index (χ2v) is 16.4. The number of aromatic nitrogens is 6. The quantitative estimate of drug-likeness (QED) is 0.0811. The van der Waals surface area contributed by atoms with Gasteiger partial charge in [0.1, 0.15) is 22.8 Å². The summed E-state index contributed by atoms with van der Waals surface area (Å²) in [5.74, 6) is -2.77. The van der Waals surface area contributed by atoms with E-state index >= 15 is 0 Å². The number of carboxylic acid groups (broad SMARTS) is 1. The SMILES string of the molecule is CC(C)OC(=O)c1cc(-c2nn(C)c(C(F)(F)F)c2Br)c(F)cc1Cl.COc1cc(OC)nc(NC(=O)NS(=O)(=O)c2ncccc2C(F)(F)F)n1.O=C(O)COc1ccc(Cl)c2cccnc12. The number of urea groups is 1. The maximum absolute atomic E-state index is 14.3. The third-order valence-corrected chi connectivity index (χ3v) is 10.7. The number of esters is 1. The largest absolute Gasteiger partial charge is 0.481 e. The average Bonchev–Trinajstić information content (AvgIpc) is 3.56. The van der Waals surface area contributed by atoms with Crippen LogP contribution < -0.4 is 24.2 Å². The van der Waals surface area contributed by atoms with Gasteiger partial charge in [-0.15, -0.1) is 0 Å². The van der Waals surface area contributed by atoms with E-state index in [1.54, 1.807) is 44.3 Å². The number of nitrogens with one attached hydrogen (secondary N) is 2. The van der Waals surface area contributed by atoms with Gasteiger partial charge < -0.3 is 24.1 Å². The van der Waals surface area contributed by atoms with Gasteiger partial charge in [-0.2, -0.15) is 49.8 Å². The van der Waals surface area contributed by atoms with Crippen molar-refractivity contribution >= 4 is 84.0 Å². The summed E-state index contributed by atoms with van der Waals surface area (Å²) in [5, 5.41) is 13.9. The van der Waals surface area contributed by atoms with Crippen molar-refractivity contribution in [1.82, 2.24) is 34.4 Å². The maximum Gasteiger partial charge on any atom is 0.434 e. The third-order valence-electron chi connectivity index (χ3n) is 8.04. The van der Waals surface area contributed by atoms with E-state index in [9.17, 15) is 53.5 Å². The minimum absolute atomic E-state index is 0.0101. The summed E-state index contributed by atoms with van der Waals surface area (Å²) >= 11 is 14.6. The van der Waals surface area contributed by atoms with Gasteiger partial charge in [0, 0.05) is 30.4 Å². The molecule has 0 aliphatic rings. The van der Waals surface area contributed by atoms with Crippen molar-refractivity contribution in [3.8, 4) is 28.8 Å². The van der Waals surface area contributed by atoms with E-state index in [4.69, 9.17) is 47.3 Å². The van der Waals surface area contributed by atoms with Crippen molar-refractivity contribution in [2.24, 2.45) is 7.05 Å². The molecule has 0 aliphatic heterocycles. The first-order valence-electron chi connectivity index (χ1n) is 18.4. The lowest BCUT2D eigenvalue weighted by molar-refractivity contribution is -0.144. The number of hydrogen-bond acceptors (Lipinski definition) is 14. The van der Waals surface area contributed by atoms with Gasteiger partial charge in [-0.3, -0.25) is 15.0 Å². The van der Waals surface area contributed by atoms with Crippen molar-refractivity contribution in [2.45, 2.75) is 37.3 Å². The van der Waals surface area contributed by atoms with E-state index in [-0.39, 0.29) is 33.6 Å². The third kappa shape index (κ3) is 14.0. The monoisotopic (exact) mass is 1090 g/mol. The molecule has 4 heterocycles. The minimum Gasteiger partial charge on any atom is -0.481 e. The number of halogens is 10. The summed E-state index contributed by atoms with van der Waals surface area (Å²) < 4.78 is 138. The predicted octanol–water partition coefficient (Wildman–Crippen LogP) is 9.00. The fourth-order valence-corrected chi connectivity index (χ4v) is 7.58. The van der Waals surface area contributed by atoms with Crippen molar-refractivity contribution in [1.29, 1.82) is 0 Å². The Morgan fingerprint density at radius 1 is 0.897 bits per heavy atom. The number of carbonyl (C=O) groups is 3. The van der Waals surface area contributed by atoms with Gasteiger partial charge in [0.05, 0.1) is 52.0 Å². The number of rotatable bonds is 11. The van der Waals surface area contributed by atoms with Crippen LogP contribution in [0.2, 0.25) is 10.0 Å². The van der Waals surface area contributed by atoms with Crippen molar-refractivity contribution in [3.63, 3.8) is 0 Å². The van der Waals surface area contributed by atoms with Crippen LogP contribution in [-0.4, -0.2) is 88.1 Å². The number of benzene rings is 2. The van der Waals surface area contributed by atoms with E-state index in [0.29, 0.717) is 27.0 Å². The highest BCUT2D eigenvalue weighted by Crippen LogP contribution is 2.41. The van der Waals surface area contributed by atoms with Crippen LogP contribution in [0.5, 0.6) is 17.5 Å². The molecule has 0 fully saturated rings. The molecule has 0 unspecified atom stereocenters. The second-order valence-electron chi connectivity index (χ2n) is 13.2. The number of anilines is 1. The number of fused-ring (bicyclic) bond motifs is 1. The highest BCUT2D eigenvalue weighted by Gasteiger charge is 2.40. The zero-order valence-corrected chi connectivity index (χ0v) is 39.0. The van der Waals surface area contributed by atoms with E-state index in [2.05, 4.69) is 41.0 Å². The van der Waals surface area contributed by atoms with Crippen LogP contribution in [0.3, 0.4) is 0 Å². The summed E-state index contributed by atoms with van der Waals surface area (Å²) in [4.78, 5) is 49.1. The Bertz CT molecular complexity index is 2930. The van der Waals surface area contributed by atoms with Crippen LogP contribution in [0.15, 0.2) is 76.5 Å². The van der Waals surface area contributed by atoms with Crippen LogP contribution in [0.4, 0.5) is 41.5 Å². The molecule has 0 spiro atoms. The summed E-state index contributed by atoms with van der Waals surface area (Å²) in [7, 11) is -1.31. The normalized spacial score (nSPS) is 11.4. The molecule has 0 saturated carbocycles. The predicted molar refractivity (Wildman–Crippen MR) is 230 cm³/mol. The summed E-state index contributed by atoms with van der Waals surface area (Å²) in [6.07, 6.45) is -7.68. The van der Waals surface area contributed by atoms with Gasteiger partial charge in [-0.25, -0.2) is 28.5 Å². The van der Waals surface area contributed by atoms with Gasteiger partial charge in [0.25, 0.3) is 10.0 Å². The lowest BCUT2D eigenvalue weighted by Gasteiger charge is -2.13. The Balaban J connectivity index is 0.000000229. The summed E-state index contributed by atoms with van der Waals surface area (Å²) in [6, 6.07) is 10.00. The van der Waals surface area contributed by atoms with Crippen molar-refractivity contribution in [2.75, 3.05) is 26.1 Å². The maximum atomic E-state index is 14.3. The number of aryl methyl sites for hydroxylation is 1. The van der Waals surface area contributed by atoms with Gasteiger partial charge >= 0.3 is 30.3 Å². The molecule has 29 heteroatoms. The van der Waals surface area contributed by atoms with Gasteiger partial charge in [-0.1, -0.05) is 23.2 Å². The number of aliphatic carboxylic acids is 1. The molecule has 68 heavy (non-hydrogen) atoms. The van der Waals surface area contributed by atoms with Gasteiger partial charge in [0.15, 0.2) is 17.3 Å². The number of carbonyl (C=O) groups excluding carboxylic acids is 2. The number of ether oxygens (including phenoxy) is 4. The molecule has 0 atom stereocenters. The highest BCUT2D eigenvalue weighted by atomic mass is 79.9. The number of alkyl halides is 6. The fraction of sp³-hybridized carbons (Fsp3) is 0.231. The van der Waals surface area contributed by atoms with Crippen molar-refractivity contribution < 1.29 is 77.6 Å². The zero-order valence-electron chi connectivity index (χ0n) is 35.1. The Kier molecular flexibility index (Phi) is 17.9.